The molecule has 8 aromatic rings. The van der Waals surface area contributed by atoms with Crippen LogP contribution in [0.3, 0.4) is 0 Å². The van der Waals surface area contributed by atoms with Gasteiger partial charge in [-0.25, -0.2) is 0 Å². The number of allylic oxidation sites excluding steroid dienone is 6. The molecule has 2 aliphatic heterocycles. The van der Waals surface area contributed by atoms with E-state index >= 15 is 0 Å². The second-order valence-corrected chi connectivity index (χ2v) is 15.9. The second kappa shape index (κ2) is 14.5. The molecule has 8 aromatic carbocycles. The summed E-state index contributed by atoms with van der Waals surface area (Å²) in [7, 11) is 0. The van der Waals surface area contributed by atoms with E-state index in [0.29, 0.717) is 0 Å². The molecule has 0 amide bonds. The maximum atomic E-state index is 7.13. The minimum atomic E-state index is -0.109. The molecule has 2 heterocycles. The lowest BCUT2D eigenvalue weighted by molar-refractivity contribution is 0.411. The molecule has 0 saturated carbocycles. The Bertz CT molecular complexity index is 3070. The van der Waals surface area contributed by atoms with Crippen molar-refractivity contribution in [1.29, 1.82) is 0 Å². The van der Waals surface area contributed by atoms with E-state index in [-0.39, 0.29) is 18.5 Å². The summed E-state index contributed by atoms with van der Waals surface area (Å²) in [5.74, 6) is 3.44. The fourth-order valence-electron chi connectivity index (χ4n) is 10.0. The van der Waals surface area contributed by atoms with Crippen LogP contribution in [-0.2, 0) is 0 Å². The van der Waals surface area contributed by atoms with Crippen molar-refractivity contribution in [3.05, 3.63) is 241 Å². The predicted octanol–water partition coefficient (Wildman–Crippen LogP) is 13.0. The lowest BCUT2D eigenvalue weighted by Crippen LogP contribution is -2.54. The summed E-state index contributed by atoms with van der Waals surface area (Å²) < 4.78 is 14.2. The zero-order chi connectivity index (χ0) is 40.3. The summed E-state index contributed by atoms with van der Waals surface area (Å²) in [6.07, 6.45) is 11.5. The van der Waals surface area contributed by atoms with Crippen molar-refractivity contribution in [2.45, 2.75) is 0 Å². The van der Waals surface area contributed by atoms with Crippen LogP contribution in [0.2, 0.25) is 0 Å². The highest BCUT2D eigenvalue weighted by atomic mass is 16.5. The number of hydrogen-bond donors (Lipinski definition) is 0. The summed E-state index contributed by atoms with van der Waals surface area (Å²) in [4.78, 5) is 4.79. The Hall–Kier alpha value is -7.76. The molecule has 4 aliphatic rings. The van der Waals surface area contributed by atoms with Gasteiger partial charge in [-0.05, 0) is 76.5 Å². The SMILES string of the molecule is C1=CC2C(N(c3ccccc3)c3ccccc3-c3ccccc3)=CC3=C(B4c5c(cccc5Oc5cc(N(c6ccccc6)c6ccccc6)c6ccccc6c54)O3)C2C=C1. The van der Waals surface area contributed by atoms with Crippen LogP contribution >= 0.6 is 0 Å². The van der Waals surface area contributed by atoms with E-state index in [1.165, 1.54) is 22.1 Å². The van der Waals surface area contributed by atoms with Crippen LogP contribution in [-0.4, -0.2) is 6.71 Å². The largest absolute Gasteiger partial charge is 0.459 e. The van der Waals surface area contributed by atoms with Crippen molar-refractivity contribution in [3.8, 4) is 28.4 Å². The number of hydrogen-bond acceptors (Lipinski definition) is 4. The summed E-state index contributed by atoms with van der Waals surface area (Å²) in [5, 5.41) is 2.32. The first-order valence-electron chi connectivity index (χ1n) is 21.0. The molecule has 0 spiro atoms. The van der Waals surface area contributed by atoms with Crippen LogP contribution in [0, 0.1) is 11.8 Å². The van der Waals surface area contributed by atoms with Gasteiger partial charge in [-0.2, -0.15) is 0 Å². The van der Waals surface area contributed by atoms with Gasteiger partial charge in [0.05, 0.1) is 11.4 Å². The standard InChI is InChI=1S/C56H39BN2O2/c1-5-20-38(21-6-1)42-28-17-18-33-47(42)59(41-26-11-4-12-27-41)49-37-53-55(46-32-16-14-30-44(46)49)57-54-45-31-15-13-29-43(45)48(36-52(54)60-50-34-19-35-51(61-53)56(50)57)58(39-22-7-2-8-23-39)40-24-9-3-10-25-40/h1-37,44,46H. The maximum absolute atomic E-state index is 7.13. The number of nitrogens with zero attached hydrogens (tertiary/aromatic N) is 2. The van der Waals surface area contributed by atoms with E-state index in [1.54, 1.807) is 0 Å². The Kier molecular flexibility index (Phi) is 8.37. The van der Waals surface area contributed by atoms with Gasteiger partial charge >= 0.3 is 0 Å². The smallest absolute Gasteiger partial charge is 0.257 e. The summed E-state index contributed by atoms with van der Waals surface area (Å²) in [6.45, 7) is -0.109. The lowest BCUT2D eigenvalue weighted by Gasteiger charge is -2.44. The van der Waals surface area contributed by atoms with Crippen molar-refractivity contribution in [2.24, 2.45) is 11.8 Å². The normalized spacial score (nSPS) is 16.7. The third-order valence-electron chi connectivity index (χ3n) is 12.6. The van der Waals surface area contributed by atoms with E-state index < -0.39 is 0 Å². The van der Waals surface area contributed by atoms with E-state index in [0.717, 1.165) is 73.4 Å². The molecule has 4 nitrogen and oxygen atoms in total. The Morgan fingerprint density at radius 3 is 1.67 bits per heavy atom. The average Bonchev–Trinajstić information content (AvgIpc) is 3.33. The fraction of sp³-hybridized carbons (Fsp3) is 0.0357. The first-order chi connectivity index (χ1) is 30.3. The molecular formula is C56H39BN2O2. The van der Waals surface area contributed by atoms with E-state index in [1.807, 2.05) is 0 Å². The van der Waals surface area contributed by atoms with Gasteiger partial charge in [0.15, 0.2) is 0 Å². The Morgan fingerprint density at radius 2 is 0.984 bits per heavy atom. The van der Waals surface area contributed by atoms with Gasteiger partial charge in [0.1, 0.15) is 23.0 Å². The van der Waals surface area contributed by atoms with Gasteiger partial charge in [0.25, 0.3) is 6.71 Å². The van der Waals surface area contributed by atoms with Crippen molar-refractivity contribution < 1.29 is 9.47 Å². The molecule has 0 bridgehead atoms. The molecule has 0 aromatic heterocycles. The first-order valence-corrected chi connectivity index (χ1v) is 21.0. The van der Waals surface area contributed by atoms with Gasteiger partial charge in [-0.15, -0.1) is 0 Å². The van der Waals surface area contributed by atoms with Gasteiger partial charge in [0.2, 0.25) is 0 Å². The second-order valence-electron chi connectivity index (χ2n) is 15.9. The lowest BCUT2D eigenvalue weighted by atomic mass is 9.31. The zero-order valence-corrected chi connectivity index (χ0v) is 33.3. The van der Waals surface area contributed by atoms with E-state index in [2.05, 4.69) is 234 Å². The van der Waals surface area contributed by atoms with E-state index in [4.69, 9.17) is 9.47 Å². The highest BCUT2D eigenvalue weighted by Gasteiger charge is 2.49. The van der Waals surface area contributed by atoms with Crippen molar-refractivity contribution in [1.82, 2.24) is 0 Å². The number of anilines is 5. The third-order valence-corrected chi connectivity index (χ3v) is 12.6. The van der Waals surface area contributed by atoms with Crippen LogP contribution in [0.1, 0.15) is 0 Å². The van der Waals surface area contributed by atoms with Gasteiger partial charge in [0, 0.05) is 63.1 Å². The van der Waals surface area contributed by atoms with Gasteiger partial charge in [-0.1, -0.05) is 158 Å². The van der Waals surface area contributed by atoms with Crippen LogP contribution in [0.15, 0.2) is 241 Å². The average molecular weight is 783 g/mol. The minimum Gasteiger partial charge on any atom is -0.459 e. The molecule has 61 heavy (non-hydrogen) atoms. The molecule has 12 rings (SSSR count). The van der Waals surface area contributed by atoms with Gasteiger partial charge < -0.3 is 19.3 Å². The molecule has 2 aliphatic carbocycles. The molecule has 2 atom stereocenters. The van der Waals surface area contributed by atoms with Crippen LogP contribution in [0.25, 0.3) is 21.9 Å². The fourth-order valence-corrected chi connectivity index (χ4v) is 10.0. The van der Waals surface area contributed by atoms with Gasteiger partial charge in [-0.3, -0.25) is 0 Å². The molecule has 0 saturated heterocycles. The Morgan fingerprint density at radius 1 is 0.426 bits per heavy atom. The Balaban J connectivity index is 1.10. The first kappa shape index (κ1) is 35.2. The topological polar surface area (TPSA) is 24.9 Å². The van der Waals surface area contributed by atoms with Crippen molar-refractivity contribution in [3.63, 3.8) is 0 Å². The summed E-state index contributed by atoms with van der Waals surface area (Å²) in [5.41, 5.74) is 12.4. The molecule has 0 fully saturated rings. The molecule has 2 unspecified atom stereocenters. The zero-order valence-electron chi connectivity index (χ0n) is 33.3. The highest BCUT2D eigenvalue weighted by Crippen LogP contribution is 2.51. The maximum Gasteiger partial charge on any atom is 0.257 e. The van der Waals surface area contributed by atoms with Crippen molar-refractivity contribution in [2.75, 3.05) is 9.80 Å². The number of ether oxygens (including phenoxy) is 2. The predicted molar refractivity (Wildman–Crippen MR) is 252 cm³/mol. The molecule has 288 valence electrons. The molecule has 5 heteroatoms. The summed E-state index contributed by atoms with van der Waals surface area (Å²) >= 11 is 0. The van der Waals surface area contributed by atoms with Crippen LogP contribution in [0.5, 0.6) is 17.2 Å². The molecule has 0 radical (unpaired) electrons. The number of rotatable bonds is 7. The monoisotopic (exact) mass is 782 g/mol. The number of para-hydroxylation sites is 4. The Labute approximate surface area is 356 Å². The van der Waals surface area contributed by atoms with E-state index in [9.17, 15) is 0 Å². The summed E-state index contributed by atoms with van der Waals surface area (Å²) in [6, 6.07) is 68.8. The third kappa shape index (κ3) is 5.77. The van der Waals surface area contributed by atoms with Crippen molar-refractivity contribution >= 4 is 56.8 Å². The van der Waals surface area contributed by atoms with Crippen LogP contribution < -0.4 is 30.2 Å². The van der Waals surface area contributed by atoms with Crippen LogP contribution in [0.4, 0.5) is 28.4 Å². The number of benzene rings is 8. The molecular weight excluding hydrogens is 743 g/mol. The quantitative estimate of drug-likeness (QED) is 0.150. The highest BCUT2D eigenvalue weighted by molar-refractivity contribution is 6.95. The number of fused-ring (bicyclic) bond motifs is 7. The minimum absolute atomic E-state index is 0.0100. The molecule has 0 N–H and O–H groups in total.